The monoisotopic (exact) mass is 451 g/mol. The maximum absolute atomic E-state index is 12.0. The van der Waals surface area contributed by atoms with Gasteiger partial charge in [-0.1, -0.05) is 18.7 Å². The molecule has 1 saturated heterocycles. The number of fused-ring (bicyclic) bond motifs is 1. The average Bonchev–Trinajstić information content (AvgIpc) is 3.49. The Kier molecular flexibility index (Phi) is 5.38. The van der Waals surface area contributed by atoms with Crippen LogP contribution in [0.15, 0.2) is 67.8 Å². The van der Waals surface area contributed by atoms with Crippen LogP contribution in [0.4, 0.5) is 5.69 Å². The standard InChI is InChI=1S/C26H25N7O/c1-4-25(34)31-9-10-32(18(2)15-31)23-7-5-19(6-8-23)24-11-20(22-14-28-30(3)16-22)17-33-26(24)21(12-27)13-29-33/h4-8,11,13-14,16-18H,1,9-10,15H2,2-3H3/t18-/m0/s1. The molecule has 8 nitrogen and oxygen atoms in total. The first-order chi connectivity index (χ1) is 16.5. The zero-order valence-corrected chi connectivity index (χ0v) is 19.2. The molecule has 1 amide bonds. The normalized spacial score (nSPS) is 16.0. The summed E-state index contributed by atoms with van der Waals surface area (Å²) in [5.74, 6) is -0.0199. The Balaban J connectivity index is 1.51. The Morgan fingerprint density at radius 3 is 2.56 bits per heavy atom. The summed E-state index contributed by atoms with van der Waals surface area (Å²) in [6.45, 7) is 7.83. The van der Waals surface area contributed by atoms with Gasteiger partial charge >= 0.3 is 0 Å². The number of aromatic nitrogens is 4. The summed E-state index contributed by atoms with van der Waals surface area (Å²) in [5.41, 5.74) is 6.33. The highest BCUT2D eigenvalue weighted by Gasteiger charge is 2.26. The number of rotatable bonds is 4. The number of nitriles is 1. The highest BCUT2D eigenvalue weighted by molar-refractivity contribution is 5.88. The van der Waals surface area contributed by atoms with E-state index in [0.717, 1.165) is 40.0 Å². The van der Waals surface area contributed by atoms with Gasteiger partial charge in [-0.25, -0.2) is 4.52 Å². The van der Waals surface area contributed by atoms with E-state index in [1.54, 1.807) is 15.4 Å². The van der Waals surface area contributed by atoms with Gasteiger partial charge in [0, 0.05) is 67.5 Å². The van der Waals surface area contributed by atoms with Crippen LogP contribution in [-0.4, -0.2) is 55.9 Å². The van der Waals surface area contributed by atoms with Crippen LogP contribution < -0.4 is 4.90 Å². The van der Waals surface area contributed by atoms with E-state index < -0.39 is 0 Å². The third kappa shape index (κ3) is 3.71. The predicted molar refractivity (Wildman–Crippen MR) is 131 cm³/mol. The maximum Gasteiger partial charge on any atom is 0.246 e. The molecule has 1 fully saturated rings. The van der Waals surface area contributed by atoms with Crippen molar-refractivity contribution in [3.63, 3.8) is 0 Å². The van der Waals surface area contributed by atoms with Crippen molar-refractivity contribution in [3.8, 4) is 28.3 Å². The number of amides is 1. The Labute approximate surface area is 197 Å². The molecule has 0 spiro atoms. The fourth-order valence-electron chi connectivity index (χ4n) is 4.65. The lowest BCUT2D eigenvalue weighted by molar-refractivity contribution is -0.126. The maximum atomic E-state index is 12.0. The van der Waals surface area contributed by atoms with Crippen LogP contribution in [0.3, 0.4) is 0 Å². The van der Waals surface area contributed by atoms with Gasteiger partial charge in [-0.15, -0.1) is 0 Å². The van der Waals surface area contributed by atoms with Crippen LogP contribution >= 0.6 is 0 Å². The molecule has 170 valence electrons. The van der Waals surface area contributed by atoms with Gasteiger partial charge in [-0.2, -0.15) is 15.5 Å². The molecule has 0 aliphatic carbocycles. The summed E-state index contributed by atoms with van der Waals surface area (Å²) < 4.78 is 3.53. The van der Waals surface area contributed by atoms with Gasteiger partial charge < -0.3 is 9.80 Å². The first-order valence-corrected chi connectivity index (χ1v) is 11.2. The molecule has 34 heavy (non-hydrogen) atoms. The second-order valence-electron chi connectivity index (χ2n) is 8.59. The van der Waals surface area contributed by atoms with E-state index in [1.165, 1.54) is 6.08 Å². The number of carbonyl (C=O) groups excluding carboxylic acids is 1. The van der Waals surface area contributed by atoms with Gasteiger partial charge in [-0.05, 0) is 36.8 Å². The Hall–Kier alpha value is -4.38. The van der Waals surface area contributed by atoms with Gasteiger partial charge in [0.1, 0.15) is 6.07 Å². The number of carbonyl (C=O) groups is 1. The Bertz CT molecular complexity index is 1420. The number of benzene rings is 1. The minimum absolute atomic E-state index is 0.0199. The minimum Gasteiger partial charge on any atom is -0.365 e. The van der Waals surface area contributed by atoms with Crippen LogP contribution in [-0.2, 0) is 11.8 Å². The Morgan fingerprint density at radius 1 is 1.12 bits per heavy atom. The fourth-order valence-corrected chi connectivity index (χ4v) is 4.65. The molecule has 8 heteroatoms. The second-order valence-corrected chi connectivity index (χ2v) is 8.59. The lowest BCUT2D eigenvalue weighted by Crippen LogP contribution is -2.53. The third-order valence-electron chi connectivity index (χ3n) is 6.39. The number of aryl methyl sites for hydroxylation is 1. The van der Waals surface area contributed by atoms with Crippen molar-refractivity contribution in [2.24, 2.45) is 7.05 Å². The van der Waals surface area contributed by atoms with Gasteiger partial charge in [-0.3, -0.25) is 9.48 Å². The highest BCUT2D eigenvalue weighted by atomic mass is 16.2. The van der Waals surface area contributed by atoms with Crippen LogP contribution in [0.2, 0.25) is 0 Å². The van der Waals surface area contributed by atoms with E-state index in [0.29, 0.717) is 18.7 Å². The number of piperazine rings is 1. The molecule has 3 aromatic heterocycles. The smallest absolute Gasteiger partial charge is 0.246 e. The zero-order chi connectivity index (χ0) is 23.8. The predicted octanol–water partition coefficient (Wildman–Crippen LogP) is 3.50. The van der Waals surface area contributed by atoms with Crippen LogP contribution in [0.25, 0.3) is 27.8 Å². The first-order valence-electron chi connectivity index (χ1n) is 11.2. The van der Waals surface area contributed by atoms with Crippen molar-refractivity contribution < 1.29 is 4.79 Å². The van der Waals surface area contributed by atoms with Crippen molar-refractivity contribution in [1.29, 1.82) is 5.26 Å². The van der Waals surface area contributed by atoms with Gasteiger partial charge in [0.05, 0.1) is 23.5 Å². The van der Waals surface area contributed by atoms with E-state index >= 15 is 0 Å². The molecule has 0 radical (unpaired) electrons. The van der Waals surface area contributed by atoms with Crippen molar-refractivity contribution in [2.75, 3.05) is 24.5 Å². The lowest BCUT2D eigenvalue weighted by Gasteiger charge is -2.41. The molecule has 0 bridgehead atoms. The molecular weight excluding hydrogens is 426 g/mol. The topological polar surface area (TPSA) is 82.5 Å². The molecule has 1 atom stereocenters. The molecule has 0 unspecified atom stereocenters. The van der Waals surface area contributed by atoms with E-state index in [9.17, 15) is 10.1 Å². The zero-order valence-electron chi connectivity index (χ0n) is 19.2. The van der Waals surface area contributed by atoms with E-state index in [-0.39, 0.29) is 11.9 Å². The Morgan fingerprint density at radius 2 is 1.91 bits per heavy atom. The molecule has 1 aliphatic heterocycles. The van der Waals surface area contributed by atoms with Gasteiger partial charge in [0.2, 0.25) is 5.91 Å². The quantitative estimate of drug-likeness (QED) is 0.444. The molecule has 1 aromatic carbocycles. The van der Waals surface area contributed by atoms with E-state index in [2.05, 4.69) is 65.0 Å². The number of hydrogen-bond donors (Lipinski definition) is 0. The molecule has 0 saturated carbocycles. The third-order valence-corrected chi connectivity index (χ3v) is 6.39. The second kappa shape index (κ2) is 8.52. The highest BCUT2D eigenvalue weighted by Crippen LogP contribution is 2.33. The number of hydrogen-bond acceptors (Lipinski definition) is 5. The molecular formula is C26H25N7O. The summed E-state index contributed by atoms with van der Waals surface area (Å²) in [6, 6.07) is 12.9. The average molecular weight is 452 g/mol. The number of anilines is 1. The summed E-state index contributed by atoms with van der Waals surface area (Å²) in [4.78, 5) is 16.1. The molecule has 4 heterocycles. The van der Waals surface area contributed by atoms with E-state index in [4.69, 9.17) is 0 Å². The van der Waals surface area contributed by atoms with Crippen LogP contribution in [0.1, 0.15) is 12.5 Å². The fraction of sp³-hybridized carbons (Fsp3) is 0.231. The lowest BCUT2D eigenvalue weighted by atomic mass is 9.99. The molecule has 0 N–H and O–H groups in total. The first kappa shape index (κ1) is 21.5. The van der Waals surface area contributed by atoms with Crippen molar-refractivity contribution in [1.82, 2.24) is 24.3 Å². The van der Waals surface area contributed by atoms with Crippen LogP contribution in [0, 0.1) is 11.3 Å². The summed E-state index contributed by atoms with van der Waals surface area (Å²) >= 11 is 0. The SMILES string of the molecule is C=CC(=O)N1CCN(c2ccc(-c3cc(-c4cnn(C)c4)cn4ncc(C#N)c34)cc2)[C@@H](C)C1. The van der Waals surface area contributed by atoms with Crippen molar-refractivity contribution in [3.05, 3.63) is 73.3 Å². The molecule has 5 rings (SSSR count). The van der Waals surface area contributed by atoms with Crippen LogP contribution in [0.5, 0.6) is 0 Å². The number of nitrogens with zero attached hydrogens (tertiary/aromatic N) is 7. The summed E-state index contributed by atoms with van der Waals surface area (Å²) in [7, 11) is 1.89. The largest absolute Gasteiger partial charge is 0.365 e. The van der Waals surface area contributed by atoms with Crippen molar-refractivity contribution >= 4 is 17.1 Å². The molecule has 1 aliphatic rings. The van der Waals surface area contributed by atoms with Gasteiger partial charge in [0.15, 0.2) is 0 Å². The van der Waals surface area contributed by atoms with Crippen molar-refractivity contribution in [2.45, 2.75) is 13.0 Å². The summed E-state index contributed by atoms with van der Waals surface area (Å²) in [6.07, 6.45) is 8.69. The molecule has 4 aromatic rings. The minimum atomic E-state index is -0.0199. The summed E-state index contributed by atoms with van der Waals surface area (Å²) in [5, 5.41) is 18.4. The number of pyridine rings is 1. The van der Waals surface area contributed by atoms with Gasteiger partial charge in [0.25, 0.3) is 0 Å². The van der Waals surface area contributed by atoms with E-state index in [1.807, 2.05) is 30.5 Å².